The number of nitrogens with zero attached hydrogens (tertiary/aromatic N) is 2. The van der Waals surface area contributed by atoms with Crippen LogP contribution in [-0.4, -0.2) is 9.97 Å². The highest BCUT2D eigenvalue weighted by atomic mass is 32.1. The molecule has 0 N–H and O–H groups in total. The Hall–Kier alpha value is -1.66. The van der Waals surface area contributed by atoms with Crippen molar-refractivity contribution in [3.05, 3.63) is 46.2 Å². The number of hydrogen-bond donors (Lipinski definition) is 0. The molecule has 0 saturated heterocycles. The Bertz CT molecular complexity index is 477. The van der Waals surface area contributed by atoms with Crippen molar-refractivity contribution in [1.82, 2.24) is 9.97 Å². The average molecular weight is 202 g/mol. The lowest BCUT2D eigenvalue weighted by Gasteiger charge is -1.84. The minimum atomic E-state index is 0.830. The van der Waals surface area contributed by atoms with Crippen LogP contribution in [-0.2, 0) is 0 Å². The van der Waals surface area contributed by atoms with E-state index in [2.05, 4.69) is 21.8 Å². The van der Waals surface area contributed by atoms with E-state index in [-0.39, 0.29) is 0 Å². The third-order valence-corrected chi connectivity index (χ3v) is 2.39. The van der Waals surface area contributed by atoms with Crippen LogP contribution in [0.15, 0.2) is 29.9 Å². The molecule has 0 atom stereocenters. The molecular formula is C11H8N2S. The fourth-order valence-electron chi connectivity index (χ4n) is 0.994. The van der Waals surface area contributed by atoms with Gasteiger partial charge in [-0.2, -0.15) is 0 Å². The van der Waals surface area contributed by atoms with Crippen LogP contribution in [0.5, 0.6) is 0 Å². The summed E-state index contributed by atoms with van der Waals surface area (Å²) in [6.45, 7) is 1.97. The first-order valence-corrected chi connectivity index (χ1v) is 5.07. The summed E-state index contributed by atoms with van der Waals surface area (Å²) in [7, 11) is 0. The van der Waals surface area contributed by atoms with E-state index in [0.717, 1.165) is 16.3 Å². The molecule has 0 unspecified atom stereocenters. The van der Waals surface area contributed by atoms with Gasteiger partial charge in [0, 0.05) is 23.3 Å². The molecule has 0 aliphatic carbocycles. The Kier molecular flexibility index (Phi) is 2.57. The lowest BCUT2D eigenvalue weighted by atomic mass is 10.3. The Morgan fingerprint density at radius 3 is 3.07 bits per heavy atom. The normalized spacial score (nSPS) is 9.21. The highest BCUT2D eigenvalue weighted by Crippen LogP contribution is 2.06. The van der Waals surface area contributed by atoms with Crippen molar-refractivity contribution in [3.8, 4) is 11.8 Å². The second kappa shape index (κ2) is 4.03. The van der Waals surface area contributed by atoms with Gasteiger partial charge in [-0.1, -0.05) is 5.92 Å². The van der Waals surface area contributed by atoms with Gasteiger partial charge in [-0.25, -0.2) is 4.98 Å². The van der Waals surface area contributed by atoms with Crippen LogP contribution < -0.4 is 0 Å². The molecule has 2 heterocycles. The van der Waals surface area contributed by atoms with E-state index in [1.54, 1.807) is 23.7 Å². The summed E-state index contributed by atoms with van der Waals surface area (Å²) in [6.07, 6.45) is 3.48. The second-order valence-electron chi connectivity index (χ2n) is 2.74. The Labute approximate surface area is 86.7 Å². The van der Waals surface area contributed by atoms with Crippen LogP contribution in [0.4, 0.5) is 0 Å². The fraction of sp³-hybridized carbons (Fsp3) is 0.0909. The van der Waals surface area contributed by atoms with E-state index in [1.165, 1.54) is 0 Å². The number of hydrogen-bond acceptors (Lipinski definition) is 3. The van der Waals surface area contributed by atoms with Gasteiger partial charge in [0.15, 0.2) is 0 Å². The van der Waals surface area contributed by atoms with Crippen molar-refractivity contribution < 1.29 is 0 Å². The van der Waals surface area contributed by atoms with Gasteiger partial charge in [-0.3, -0.25) is 4.98 Å². The molecule has 0 spiro atoms. The number of thiazole rings is 1. The van der Waals surface area contributed by atoms with Gasteiger partial charge in [0.05, 0.1) is 5.01 Å². The molecule has 68 valence electrons. The molecule has 2 aromatic heterocycles. The lowest BCUT2D eigenvalue weighted by Crippen LogP contribution is -1.77. The van der Waals surface area contributed by atoms with Crippen LogP contribution in [0.25, 0.3) is 0 Å². The van der Waals surface area contributed by atoms with Gasteiger partial charge in [-0.15, -0.1) is 11.3 Å². The van der Waals surface area contributed by atoms with Crippen molar-refractivity contribution in [3.63, 3.8) is 0 Å². The third kappa shape index (κ3) is 2.18. The molecule has 0 radical (unpaired) electrons. The van der Waals surface area contributed by atoms with E-state index >= 15 is 0 Å². The first-order valence-electron chi connectivity index (χ1n) is 4.19. The monoisotopic (exact) mass is 202 g/mol. The third-order valence-electron chi connectivity index (χ3n) is 1.62. The highest BCUT2D eigenvalue weighted by molar-refractivity contribution is 7.09. The molecule has 0 aromatic carbocycles. The topological polar surface area (TPSA) is 25.8 Å². The first kappa shape index (κ1) is 8.92. The van der Waals surface area contributed by atoms with Gasteiger partial charge in [0.25, 0.3) is 0 Å². The molecule has 2 nitrogen and oxygen atoms in total. The second-order valence-corrected chi connectivity index (χ2v) is 3.81. The zero-order valence-electron chi connectivity index (χ0n) is 7.69. The maximum Gasteiger partial charge on any atom is 0.124 e. The van der Waals surface area contributed by atoms with Crippen molar-refractivity contribution in [2.45, 2.75) is 6.92 Å². The molecule has 3 heteroatoms. The van der Waals surface area contributed by atoms with Crippen LogP contribution in [0.3, 0.4) is 0 Å². The minimum Gasteiger partial charge on any atom is -0.263 e. The maximum atomic E-state index is 4.25. The molecule has 0 fully saturated rings. The summed E-state index contributed by atoms with van der Waals surface area (Å²) in [6, 6.07) is 3.80. The first-order chi connectivity index (χ1) is 6.84. The van der Waals surface area contributed by atoms with E-state index in [1.807, 2.05) is 24.4 Å². The maximum absolute atomic E-state index is 4.25. The molecule has 2 aromatic rings. The van der Waals surface area contributed by atoms with Gasteiger partial charge in [0.2, 0.25) is 0 Å². The molecule has 0 aliphatic heterocycles. The Morgan fingerprint density at radius 2 is 2.43 bits per heavy atom. The van der Waals surface area contributed by atoms with Gasteiger partial charge in [0.1, 0.15) is 5.69 Å². The van der Waals surface area contributed by atoms with Crippen LogP contribution in [0.2, 0.25) is 0 Å². The molecular weight excluding hydrogens is 194 g/mol. The molecule has 0 saturated carbocycles. The average Bonchev–Trinajstić information content (AvgIpc) is 2.63. The van der Waals surface area contributed by atoms with E-state index in [9.17, 15) is 0 Å². The van der Waals surface area contributed by atoms with Crippen molar-refractivity contribution >= 4 is 11.3 Å². The summed E-state index contributed by atoms with van der Waals surface area (Å²) in [5.74, 6) is 6.00. The summed E-state index contributed by atoms with van der Waals surface area (Å²) < 4.78 is 0. The number of aromatic nitrogens is 2. The SMILES string of the molecule is Cc1n[14c](C#Cc2cccnc2)cs1. The number of pyridine rings is 1. The predicted molar refractivity (Wildman–Crippen MR) is 57.1 cm³/mol. The zero-order valence-corrected chi connectivity index (χ0v) is 8.51. The smallest absolute Gasteiger partial charge is 0.124 e. The zero-order chi connectivity index (χ0) is 9.80. The summed E-state index contributed by atoms with van der Waals surface area (Å²) in [4.78, 5) is 8.23. The largest absolute Gasteiger partial charge is 0.263 e. The van der Waals surface area contributed by atoms with Crippen LogP contribution >= 0.6 is 11.3 Å². The minimum absolute atomic E-state index is 0.830. The van der Waals surface area contributed by atoms with Crippen LogP contribution in [0, 0.1) is 18.8 Å². The van der Waals surface area contributed by atoms with Gasteiger partial charge in [-0.05, 0) is 25.0 Å². The van der Waals surface area contributed by atoms with Crippen molar-refractivity contribution in [2.24, 2.45) is 0 Å². The lowest BCUT2D eigenvalue weighted by molar-refractivity contribution is 1.27. The molecule has 2 rings (SSSR count). The van der Waals surface area contributed by atoms with E-state index in [0.29, 0.717) is 0 Å². The fourth-order valence-corrected chi connectivity index (χ4v) is 1.54. The van der Waals surface area contributed by atoms with Crippen LogP contribution in [0.1, 0.15) is 16.3 Å². The number of aryl methyl sites for hydroxylation is 1. The molecule has 14 heavy (non-hydrogen) atoms. The standard InChI is InChI=1S/C11H8N2S/c1-9-13-11(8-14-9)5-4-10-3-2-6-12-7-10/h2-3,6-8H,1H3/i11+2. The van der Waals surface area contributed by atoms with Crippen molar-refractivity contribution in [1.29, 1.82) is 0 Å². The van der Waals surface area contributed by atoms with E-state index in [4.69, 9.17) is 0 Å². The van der Waals surface area contributed by atoms with Crippen molar-refractivity contribution in [2.75, 3.05) is 0 Å². The summed E-state index contributed by atoms with van der Waals surface area (Å²) >= 11 is 1.61. The van der Waals surface area contributed by atoms with Gasteiger partial charge < -0.3 is 0 Å². The van der Waals surface area contributed by atoms with E-state index < -0.39 is 0 Å². The summed E-state index contributed by atoms with van der Waals surface area (Å²) in [5.41, 5.74) is 1.74. The molecule has 0 amide bonds. The quantitative estimate of drug-likeness (QED) is 0.612. The van der Waals surface area contributed by atoms with Gasteiger partial charge >= 0.3 is 0 Å². The Morgan fingerprint density at radius 1 is 1.50 bits per heavy atom. The molecule has 0 aliphatic rings. The highest BCUT2D eigenvalue weighted by Gasteiger charge is 1.91. The summed E-state index contributed by atoms with van der Waals surface area (Å²) in [5, 5.41) is 3.00. The number of rotatable bonds is 0. The molecule has 0 bridgehead atoms. The Balaban J connectivity index is 2.23. The predicted octanol–water partition coefficient (Wildman–Crippen LogP) is 2.25.